The van der Waals surface area contributed by atoms with E-state index in [9.17, 15) is 4.79 Å². The quantitative estimate of drug-likeness (QED) is 0.819. The maximum atomic E-state index is 12.2. The highest BCUT2D eigenvalue weighted by atomic mass is 35.5. The number of benzene rings is 2. The van der Waals surface area contributed by atoms with E-state index in [1.807, 2.05) is 26.0 Å². The minimum absolute atomic E-state index is 0.234. The second kappa shape index (κ2) is 5.33. The summed E-state index contributed by atoms with van der Waals surface area (Å²) < 4.78 is 0. The van der Waals surface area contributed by atoms with Crippen LogP contribution in [-0.4, -0.2) is 5.91 Å². The molecule has 98 valence electrons. The van der Waals surface area contributed by atoms with E-state index < -0.39 is 0 Å². The lowest BCUT2D eigenvalue weighted by atomic mass is 10.1. The fourth-order valence-electron chi connectivity index (χ4n) is 1.88. The molecule has 0 saturated carbocycles. The van der Waals surface area contributed by atoms with Crippen LogP contribution in [0.5, 0.6) is 0 Å². The number of nitrogens with two attached hydrogens (primary N) is 1. The maximum Gasteiger partial charge on any atom is 0.257 e. The maximum absolute atomic E-state index is 12.2. The molecule has 0 heterocycles. The second-order valence-corrected chi connectivity index (χ2v) is 4.81. The molecule has 4 heteroatoms. The molecule has 2 rings (SSSR count). The van der Waals surface area contributed by atoms with E-state index in [4.69, 9.17) is 17.3 Å². The Balaban J connectivity index is 2.35. The fourth-order valence-corrected chi connectivity index (χ4v) is 2.10. The lowest BCUT2D eigenvalue weighted by Gasteiger charge is -2.14. The molecule has 19 heavy (non-hydrogen) atoms. The molecule has 0 fully saturated rings. The summed E-state index contributed by atoms with van der Waals surface area (Å²) in [6.45, 7) is 3.80. The Hall–Kier alpha value is -2.00. The smallest absolute Gasteiger partial charge is 0.257 e. The van der Waals surface area contributed by atoms with Crippen molar-refractivity contribution in [2.24, 2.45) is 0 Å². The average molecular weight is 275 g/mol. The number of hydrogen-bond acceptors (Lipinski definition) is 2. The minimum atomic E-state index is -0.234. The first-order valence-electron chi connectivity index (χ1n) is 5.92. The van der Waals surface area contributed by atoms with Gasteiger partial charge in [0.25, 0.3) is 5.91 Å². The molecule has 0 unspecified atom stereocenters. The highest BCUT2D eigenvalue weighted by Crippen LogP contribution is 2.26. The molecule has 0 bridgehead atoms. The van der Waals surface area contributed by atoms with Crippen molar-refractivity contribution in [3.63, 3.8) is 0 Å². The number of rotatable bonds is 2. The molecule has 2 aromatic rings. The molecule has 0 aliphatic carbocycles. The van der Waals surface area contributed by atoms with E-state index in [0.717, 1.165) is 16.8 Å². The number of nitrogen functional groups attached to an aromatic ring is 1. The van der Waals surface area contributed by atoms with Gasteiger partial charge in [0.05, 0.1) is 10.6 Å². The van der Waals surface area contributed by atoms with Gasteiger partial charge < -0.3 is 11.1 Å². The van der Waals surface area contributed by atoms with Gasteiger partial charge in [0.15, 0.2) is 0 Å². The zero-order chi connectivity index (χ0) is 14.0. The molecule has 3 nitrogen and oxygen atoms in total. The van der Waals surface area contributed by atoms with Crippen molar-refractivity contribution in [2.45, 2.75) is 13.8 Å². The fraction of sp³-hybridized carbons (Fsp3) is 0.133. The summed E-state index contributed by atoms with van der Waals surface area (Å²) in [6, 6.07) is 10.7. The average Bonchev–Trinajstić information content (AvgIpc) is 2.39. The summed E-state index contributed by atoms with van der Waals surface area (Å²) in [4.78, 5) is 12.2. The van der Waals surface area contributed by atoms with E-state index in [1.165, 1.54) is 0 Å². The van der Waals surface area contributed by atoms with Crippen LogP contribution in [0.4, 0.5) is 11.4 Å². The molecule has 0 spiro atoms. The lowest BCUT2D eigenvalue weighted by Crippen LogP contribution is -2.14. The lowest BCUT2D eigenvalue weighted by molar-refractivity contribution is 0.102. The molecule has 2 aromatic carbocycles. The number of amides is 1. The first kappa shape index (κ1) is 13.4. The van der Waals surface area contributed by atoms with Gasteiger partial charge in [0, 0.05) is 11.4 Å². The zero-order valence-electron chi connectivity index (χ0n) is 10.8. The van der Waals surface area contributed by atoms with Gasteiger partial charge in [-0.2, -0.15) is 0 Å². The van der Waals surface area contributed by atoms with Crippen LogP contribution in [-0.2, 0) is 0 Å². The Morgan fingerprint density at radius 2 is 1.84 bits per heavy atom. The molecule has 0 radical (unpaired) electrons. The number of hydrogen-bond donors (Lipinski definition) is 2. The van der Waals surface area contributed by atoms with E-state index in [1.54, 1.807) is 24.3 Å². The highest BCUT2D eigenvalue weighted by molar-refractivity contribution is 6.34. The van der Waals surface area contributed by atoms with E-state index in [-0.39, 0.29) is 5.91 Å². The molecule has 0 aliphatic rings. The molecule has 3 N–H and O–H groups in total. The van der Waals surface area contributed by atoms with E-state index >= 15 is 0 Å². The number of carbonyl (C=O) groups excluding carboxylic acids is 1. The Morgan fingerprint density at radius 1 is 1.16 bits per heavy atom. The van der Waals surface area contributed by atoms with Crippen molar-refractivity contribution in [3.05, 3.63) is 58.1 Å². The van der Waals surface area contributed by atoms with Gasteiger partial charge in [0.1, 0.15) is 0 Å². The molecule has 0 aromatic heterocycles. The summed E-state index contributed by atoms with van der Waals surface area (Å²) in [7, 11) is 0. The van der Waals surface area contributed by atoms with Gasteiger partial charge in [-0.25, -0.2) is 0 Å². The summed E-state index contributed by atoms with van der Waals surface area (Å²) in [6.07, 6.45) is 0. The first-order valence-corrected chi connectivity index (χ1v) is 6.30. The van der Waals surface area contributed by atoms with Crippen molar-refractivity contribution in [3.8, 4) is 0 Å². The molecule has 0 atom stereocenters. The topological polar surface area (TPSA) is 55.1 Å². The molecule has 0 saturated heterocycles. The standard InChI is InChI=1S/C15H15ClN2O/c1-9-7-8-13(17)10(2)14(9)18-15(19)11-5-3-4-6-12(11)16/h3-8H,17H2,1-2H3,(H,18,19). The van der Waals surface area contributed by atoms with Gasteiger partial charge in [-0.3, -0.25) is 4.79 Å². The van der Waals surface area contributed by atoms with Crippen LogP contribution in [0.15, 0.2) is 36.4 Å². The van der Waals surface area contributed by atoms with Crippen LogP contribution < -0.4 is 11.1 Å². The van der Waals surface area contributed by atoms with Gasteiger partial charge in [0.2, 0.25) is 0 Å². The normalized spacial score (nSPS) is 10.3. The van der Waals surface area contributed by atoms with E-state index in [0.29, 0.717) is 16.3 Å². The third-order valence-corrected chi connectivity index (χ3v) is 3.40. The zero-order valence-corrected chi connectivity index (χ0v) is 11.6. The summed E-state index contributed by atoms with van der Waals surface area (Å²) in [5.41, 5.74) is 9.53. The van der Waals surface area contributed by atoms with Gasteiger partial charge in [-0.15, -0.1) is 0 Å². The number of anilines is 2. The van der Waals surface area contributed by atoms with Crippen LogP contribution in [0.2, 0.25) is 5.02 Å². The van der Waals surface area contributed by atoms with Crippen molar-refractivity contribution >= 4 is 28.9 Å². The summed E-state index contributed by atoms with van der Waals surface area (Å²) >= 11 is 6.01. The van der Waals surface area contributed by atoms with Gasteiger partial charge in [-0.1, -0.05) is 29.8 Å². The Kier molecular flexibility index (Phi) is 3.76. The third kappa shape index (κ3) is 2.71. The third-order valence-electron chi connectivity index (χ3n) is 3.07. The van der Waals surface area contributed by atoms with Gasteiger partial charge in [-0.05, 0) is 43.2 Å². The SMILES string of the molecule is Cc1ccc(N)c(C)c1NC(=O)c1ccccc1Cl. The highest BCUT2D eigenvalue weighted by Gasteiger charge is 2.13. The number of carbonyl (C=O) groups is 1. The number of halogens is 1. The van der Waals surface area contributed by atoms with Crippen LogP contribution in [0.25, 0.3) is 0 Å². The molecule has 1 amide bonds. The van der Waals surface area contributed by atoms with Crippen LogP contribution >= 0.6 is 11.6 Å². The Bertz CT molecular complexity index is 638. The van der Waals surface area contributed by atoms with Crippen molar-refractivity contribution in [2.75, 3.05) is 11.1 Å². The summed E-state index contributed by atoms with van der Waals surface area (Å²) in [5, 5.41) is 3.30. The van der Waals surface area contributed by atoms with E-state index in [2.05, 4.69) is 5.32 Å². The predicted octanol–water partition coefficient (Wildman–Crippen LogP) is 3.79. The second-order valence-electron chi connectivity index (χ2n) is 4.41. The molecular weight excluding hydrogens is 260 g/mol. The number of aryl methyl sites for hydroxylation is 1. The van der Waals surface area contributed by atoms with Crippen LogP contribution in [0.3, 0.4) is 0 Å². The van der Waals surface area contributed by atoms with Crippen molar-refractivity contribution in [1.82, 2.24) is 0 Å². The molecular formula is C15H15ClN2O. The van der Waals surface area contributed by atoms with Crippen LogP contribution in [0.1, 0.15) is 21.5 Å². The number of nitrogens with one attached hydrogen (secondary N) is 1. The monoisotopic (exact) mass is 274 g/mol. The molecule has 0 aliphatic heterocycles. The predicted molar refractivity (Wildman–Crippen MR) is 79.7 cm³/mol. The Morgan fingerprint density at radius 3 is 2.53 bits per heavy atom. The largest absolute Gasteiger partial charge is 0.398 e. The first-order chi connectivity index (χ1) is 9.00. The minimum Gasteiger partial charge on any atom is -0.398 e. The van der Waals surface area contributed by atoms with Crippen molar-refractivity contribution in [1.29, 1.82) is 0 Å². The van der Waals surface area contributed by atoms with Crippen molar-refractivity contribution < 1.29 is 4.79 Å². The van der Waals surface area contributed by atoms with Crippen LogP contribution in [0, 0.1) is 13.8 Å². The summed E-state index contributed by atoms with van der Waals surface area (Å²) in [5.74, 6) is -0.234. The van der Waals surface area contributed by atoms with Gasteiger partial charge >= 0.3 is 0 Å². The Labute approximate surface area is 117 Å².